The first kappa shape index (κ1) is 24.7. The van der Waals surface area contributed by atoms with Crippen LogP contribution in [-0.2, 0) is 20.9 Å². The molecule has 1 aromatic heterocycles. The topological polar surface area (TPSA) is 103 Å². The molecule has 0 aliphatic carbocycles. The number of nitrogens with one attached hydrogen (secondary N) is 2. The average molecular weight is 451 g/mol. The molecule has 4 aromatic rings. The van der Waals surface area contributed by atoms with Crippen LogP contribution in [0.4, 0.5) is 17.1 Å². The molecular weight excluding hydrogens is 429 g/mol. The van der Waals surface area contributed by atoms with Crippen LogP contribution in [0.5, 0.6) is 0 Å². The summed E-state index contributed by atoms with van der Waals surface area (Å²) in [6.45, 7) is 2.90. The van der Waals surface area contributed by atoms with Crippen molar-refractivity contribution in [2.45, 2.75) is 26.6 Å². The zero-order valence-electron chi connectivity index (χ0n) is 18.7. The number of para-hydroxylation sites is 2. The number of anilines is 3. The molecule has 1 unspecified atom stereocenters. The number of carboxylic acid groups (broad SMARTS) is 1. The molecule has 0 saturated carbocycles. The summed E-state index contributed by atoms with van der Waals surface area (Å²) >= 11 is 0. The van der Waals surface area contributed by atoms with Gasteiger partial charge in [-0.05, 0) is 42.8 Å². The maximum Gasteiger partial charge on any atom is 1.00 e. The predicted octanol–water partition coefficient (Wildman–Crippen LogP) is 0.749. The van der Waals surface area contributed by atoms with E-state index in [0.717, 1.165) is 33.2 Å². The molecule has 2 N–H and O–H groups in total. The van der Waals surface area contributed by atoms with Crippen molar-refractivity contribution in [3.8, 4) is 0 Å². The Hall–Kier alpha value is -2.97. The Morgan fingerprint density at radius 1 is 0.970 bits per heavy atom. The van der Waals surface area contributed by atoms with Gasteiger partial charge in [-0.2, -0.15) is 0 Å². The van der Waals surface area contributed by atoms with E-state index < -0.39 is 12.1 Å². The summed E-state index contributed by atoms with van der Waals surface area (Å²) in [5.41, 5.74) is 4.61. The molecule has 0 fully saturated rings. The van der Waals surface area contributed by atoms with E-state index in [4.69, 9.17) is 9.72 Å². The fourth-order valence-corrected chi connectivity index (χ4v) is 3.53. The number of pyridine rings is 1. The zero-order chi connectivity index (χ0) is 22.7. The van der Waals surface area contributed by atoms with Crippen molar-refractivity contribution in [2.75, 3.05) is 10.6 Å². The van der Waals surface area contributed by atoms with Gasteiger partial charge in [0.05, 0.1) is 35.4 Å². The number of aromatic nitrogens is 1. The fraction of sp³-hybridized carbons (Fsp3) is 0.160. The van der Waals surface area contributed by atoms with E-state index in [0.29, 0.717) is 11.3 Å². The van der Waals surface area contributed by atoms with Gasteiger partial charge in [0, 0.05) is 29.1 Å². The third-order valence-electron chi connectivity index (χ3n) is 5.00. The molecule has 3 aromatic carbocycles. The van der Waals surface area contributed by atoms with Crippen molar-refractivity contribution in [1.29, 1.82) is 0 Å². The number of nitrogens with zero attached hydrogens (tertiary/aromatic N) is 1. The fourth-order valence-electron chi connectivity index (χ4n) is 3.53. The van der Waals surface area contributed by atoms with Gasteiger partial charge in [-0.1, -0.05) is 36.4 Å². The standard InChI is InChI=1S/C25H23N3O4.Na/c1-15(25(30)31)32-14-17-11-18(26-16(2)29)13-19(12-17)27-24-20-7-3-5-9-22(20)28-23-10-6-4-8-21(23)24;/h3-13,15H,14H2,1-2H3,(H,26,29)(H,27,28)(H,30,31);/q;+1/p-1. The molecule has 0 spiro atoms. The number of benzene rings is 3. The molecule has 4 rings (SSSR count). The van der Waals surface area contributed by atoms with E-state index >= 15 is 0 Å². The van der Waals surface area contributed by atoms with Gasteiger partial charge in [-0.25, -0.2) is 4.98 Å². The van der Waals surface area contributed by atoms with Gasteiger partial charge < -0.3 is 25.3 Å². The van der Waals surface area contributed by atoms with Gasteiger partial charge in [-0.15, -0.1) is 0 Å². The molecule has 1 atom stereocenters. The van der Waals surface area contributed by atoms with Crippen molar-refractivity contribution in [1.82, 2.24) is 4.98 Å². The molecule has 1 amide bonds. The van der Waals surface area contributed by atoms with E-state index in [1.165, 1.54) is 13.8 Å². The molecule has 1 heterocycles. The Bertz CT molecular complexity index is 1270. The normalized spacial score (nSPS) is 11.6. The number of carboxylic acids is 1. The number of ether oxygens (including phenoxy) is 1. The van der Waals surface area contributed by atoms with Crippen LogP contribution < -0.4 is 45.3 Å². The van der Waals surface area contributed by atoms with Crippen molar-refractivity contribution >= 4 is 50.7 Å². The first-order valence-corrected chi connectivity index (χ1v) is 10.2. The summed E-state index contributed by atoms with van der Waals surface area (Å²) in [4.78, 5) is 27.4. The summed E-state index contributed by atoms with van der Waals surface area (Å²) in [5, 5.41) is 19.2. The van der Waals surface area contributed by atoms with Gasteiger partial charge in [-0.3, -0.25) is 4.79 Å². The number of hydrogen-bond acceptors (Lipinski definition) is 6. The Kier molecular flexibility index (Phi) is 8.05. The first-order valence-electron chi connectivity index (χ1n) is 10.2. The summed E-state index contributed by atoms with van der Waals surface area (Å²) in [5.74, 6) is -1.49. The summed E-state index contributed by atoms with van der Waals surface area (Å²) in [6, 6.07) is 21.1. The van der Waals surface area contributed by atoms with Crippen LogP contribution in [0, 0.1) is 0 Å². The molecule has 8 heteroatoms. The second kappa shape index (κ2) is 10.8. The number of carbonyl (C=O) groups excluding carboxylic acids is 2. The van der Waals surface area contributed by atoms with Crippen LogP contribution in [0.1, 0.15) is 19.4 Å². The molecule has 0 bridgehead atoms. The van der Waals surface area contributed by atoms with Crippen molar-refractivity contribution in [2.24, 2.45) is 0 Å². The number of amides is 1. The van der Waals surface area contributed by atoms with Crippen molar-refractivity contribution < 1.29 is 49.0 Å². The minimum absolute atomic E-state index is 0. The second-order valence-electron chi connectivity index (χ2n) is 7.52. The molecule has 33 heavy (non-hydrogen) atoms. The molecule has 7 nitrogen and oxygen atoms in total. The third kappa shape index (κ3) is 5.89. The van der Waals surface area contributed by atoms with E-state index in [1.807, 2.05) is 60.7 Å². The Balaban J connectivity index is 0.00000306. The van der Waals surface area contributed by atoms with E-state index in [2.05, 4.69) is 10.6 Å². The van der Waals surface area contributed by atoms with E-state index in [9.17, 15) is 14.7 Å². The maximum atomic E-state index is 11.6. The maximum absolute atomic E-state index is 11.6. The Morgan fingerprint density at radius 3 is 2.12 bits per heavy atom. The molecule has 162 valence electrons. The van der Waals surface area contributed by atoms with Gasteiger partial charge in [0.1, 0.15) is 0 Å². The van der Waals surface area contributed by atoms with Gasteiger partial charge >= 0.3 is 29.6 Å². The number of carbonyl (C=O) groups is 2. The summed E-state index contributed by atoms with van der Waals surface area (Å²) in [7, 11) is 0. The number of hydrogen-bond donors (Lipinski definition) is 2. The number of rotatable bonds is 7. The van der Waals surface area contributed by atoms with Crippen LogP contribution in [0.25, 0.3) is 21.8 Å². The molecule has 0 saturated heterocycles. The second-order valence-corrected chi connectivity index (χ2v) is 7.52. The summed E-state index contributed by atoms with van der Waals surface area (Å²) < 4.78 is 5.38. The SMILES string of the molecule is CC(=O)Nc1cc(COC(C)C(=O)[O-])cc(Nc2c3ccccc3nc3ccccc23)c1.[Na+]. The Morgan fingerprint density at radius 2 is 1.55 bits per heavy atom. The number of aliphatic carboxylic acids is 1. The molecular formula is C25H22N3NaO4. The largest absolute Gasteiger partial charge is 1.00 e. The van der Waals surface area contributed by atoms with Crippen LogP contribution >= 0.6 is 0 Å². The van der Waals surface area contributed by atoms with Crippen LogP contribution in [0.3, 0.4) is 0 Å². The minimum Gasteiger partial charge on any atom is -0.547 e. The zero-order valence-corrected chi connectivity index (χ0v) is 20.7. The summed E-state index contributed by atoms with van der Waals surface area (Å²) in [6.07, 6.45) is -1.05. The monoisotopic (exact) mass is 451 g/mol. The number of fused-ring (bicyclic) bond motifs is 2. The molecule has 0 aliphatic rings. The quantitative estimate of drug-likeness (QED) is 0.318. The van der Waals surface area contributed by atoms with Crippen molar-refractivity contribution in [3.63, 3.8) is 0 Å². The Labute approximate surface area is 213 Å². The van der Waals surface area contributed by atoms with Gasteiger partial charge in [0.15, 0.2) is 0 Å². The third-order valence-corrected chi connectivity index (χ3v) is 5.00. The molecule has 0 aliphatic heterocycles. The van der Waals surface area contributed by atoms with E-state index in [1.54, 1.807) is 6.07 Å². The van der Waals surface area contributed by atoms with Crippen LogP contribution in [-0.4, -0.2) is 23.0 Å². The van der Waals surface area contributed by atoms with Crippen LogP contribution in [0.2, 0.25) is 0 Å². The van der Waals surface area contributed by atoms with Gasteiger partial charge in [0.2, 0.25) is 5.91 Å². The van der Waals surface area contributed by atoms with Crippen molar-refractivity contribution in [3.05, 3.63) is 72.3 Å². The first-order chi connectivity index (χ1) is 15.4. The smallest absolute Gasteiger partial charge is 0.547 e. The van der Waals surface area contributed by atoms with E-state index in [-0.39, 0.29) is 42.1 Å². The molecule has 0 radical (unpaired) electrons. The average Bonchev–Trinajstić information content (AvgIpc) is 2.76. The minimum atomic E-state index is -1.28. The van der Waals surface area contributed by atoms with Crippen LogP contribution in [0.15, 0.2) is 66.7 Å². The van der Waals surface area contributed by atoms with Gasteiger partial charge in [0.25, 0.3) is 0 Å². The predicted molar refractivity (Wildman–Crippen MR) is 123 cm³/mol.